The van der Waals surface area contributed by atoms with Crippen LogP contribution in [-0.2, 0) is 4.79 Å². The summed E-state index contributed by atoms with van der Waals surface area (Å²) in [6.45, 7) is 4.29. The SMILES string of the molecule is CCC(=O)CC1C(C)C=CCC12CCCC2. The largest absolute Gasteiger partial charge is 0.300 e. The van der Waals surface area contributed by atoms with Crippen molar-refractivity contribution >= 4 is 5.78 Å². The van der Waals surface area contributed by atoms with Crippen LogP contribution in [0, 0.1) is 17.3 Å². The molecular weight excluding hydrogens is 196 g/mol. The van der Waals surface area contributed by atoms with E-state index in [2.05, 4.69) is 19.1 Å². The molecule has 2 rings (SSSR count). The Labute approximate surface area is 99.3 Å². The van der Waals surface area contributed by atoms with Crippen molar-refractivity contribution in [1.29, 1.82) is 0 Å². The van der Waals surface area contributed by atoms with Gasteiger partial charge in [-0.3, -0.25) is 4.79 Å². The number of rotatable bonds is 3. The number of carbonyl (C=O) groups excluding carboxylic acids is 1. The highest BCUT2D eigenvalue weighted by atomic mass is 16.1. The standard InChI is InChI=1S/C15H24O/c1-3-13(16)11-14-12(2)7-6-10-15(14)8-4-5-9-15/h6-7,12,14H,3-5,8-11H2,1-2H3. The van der Waals surface area contributed by atoms with Gasteiger partial charge in [-0.2, -0.15) is 0 Å². The van der Waals surface area contributed by atoms with Gasteiger partial charge in [-0.05, 0) is 36.5 Å². The van der Waals surface area contributed by atoms with Gasteiger partial charge in [0.25, 0.3) is 0 Å². The minimum atomic E-state index is 0.457. The topological polar surface area (TPSA) is 17.1 Å². The molecule has 1 fully saturated rings. The summed E-state index contributed by atoms with van der Waals surface area (Å²) in [4.78, 5) is 11.7. The van der Waals surface area contributed by atoms with Crippen molar-refractivity contribution in [3.8, 4) is 0 Å². The summed E-state index contributed by atoms with van der Waals surface area (Å²) in [5.74, 6) is 1.67. The fourth-order valence-electron chi connectivity index (χ4n) is 3.81. The van der Waals surface area contributed by atoms with Crippen LogP contribution in [0.15, 0.2) is 12.2 Å². The lowest BCUT2D eigenvalue weighted by Gasteiger charge is -2.42. The predicted octanol–water partition coefficient (Wildman–Crippen LogP) is 4.13. The van der Waals surface area contributed by atoms with E-state index >= 15 is 0 Å². The third-order valence-electron chi connectivity index (χ3n) is 4.83. The van der Waals surface area contributed by atoms with Crippen LogP contribution in [0.4, 0.5) is 0 Å². The summed E-state index contributed by atoms with van der Waals surface area (Å²) >= 11 is 0. The Hall–Kier alpha value is -0.590. The van der Waals surface area contributed by atoms with E-state index in [0.29, 0.717) is 29.5 Å². The van der Waals surface area contributed by atoms with E-state index in [9.17, 15) is 4.79 Å². The molecule has 0 aromatic heterocycles. The quantitative estimate of drug-likeness (QED) is 0.654. The zero-order valence-corrected chi connectivity index (χ0v) is 10.7. The van der Waals surface area contributed by atoms with E-state index in [-0.39, 0.29) is 0 Å². The third-order valence-corrected chi connectivity index (χ3v) is 4.83. The number of hydrogen-bond donors (Lipinski definition) is 0. The summed E-state index contributed by atoms with van der Waals surface area (Å²) in [7, 11) is 0. The molecule has 0 radical (unpaired) electrons. The van der Waals surface area contributed by atoms with Crippen molar-refractivity contribution in [2.45, 2.75) is 58.8 Å². The molecule has 1 nitrogen and oxygen atoms in total. The lowest BCUT2D eigenvalue weighted by Crippen LogP contribution is -2.35. The van der Waals surface area contributed by atoms with Gasteiger partial charge in [-0.15, -0.1) is 0 Å². The Morgan fingerprint density at radius 2 is 2.06 bits per heavy atom. The molecule has 0 aromatic rings. The van der Waals surface area contributed by atoms with Gasteiger partial charge in [0.2, 0.25) is 0 Å². The molecule has 90 valence electrons. The first-order valence-corrected chi connectivity index (χ1v) is 6.86. The number of hydrogen-bond acceptors (Lipinski definition) is 1. The normalized spacial score (nSPS) is 32.1. The molecule has 1 heteroatoms. The average Bonchev–Trinajstić information content (AvgIpc) is 2.73. The molecule has 0 heterocycles. The van der Waals surface area contributed by atoms with Gasteiger partial charge < -0.3 is 0 Å². The van der Waals surface area contributed by atoms with Gasteiger partial charge >= 0.3 is 0 Å². The smallest absolute Gasteiger partial charge is 0.132 e. The Kier molecular flexibility index (Phi) is 3.51. The first-order valence-electron chi connectivity index (χ1n) is 6.86. The molecule has 16 heavy (non-hydrogen) atoms. The van der Waals surface area contributed by atoms with Crippen LogP contribution < -0.4 is 0 Å². The highest BCUT2D eigenvalue weighted by Crippen LogP contribution is 2.53. The van der Waals surface area contributed by atoms with Crippen molar-refractivity contribution in [1.82, 2.24) is 0 Å². The zero-order valence-electron chi connectivity index (χ0n) is 10.7. The lowest BCUT2D eigenvalue weighted by molar-refractivity contribution is -0.121. The molecule has 2 unspecified atom stereocenters. The van der Waals surface area contributed by atoms with Crippen LogP contribution in [0.5, 0.6) is 0 Å². The molecule has 1 spiro atoms. The Bertz CT molecular complexity index is 284. The summed E-state index contributed by atoms with van der Waals surface area (Å²) in [6, 6.07) is 0. The first-order chi connectivity index (χ1) is 7.68. The molecule has 0 N–H and O–H groups in total. The van der Waals surface area contributed by atoms with E-state index in [1.54, 1.807) is 0 Å². The van der Waals surface area contributed by atoms with Gasteiger partial charge in [-0.25, -0.2) is 0 Å². The van der Waals surface area contributed by atoms with E-state index in [4.69, 9.17) is 0 Å². The van der Waals surface area contributed by atoms with Crippen LogP contribution in [0.25, 0.3) is 0 Å². The van der Waals surface area contributed by atoms with Crippen LogP contribution in [-0.4, -0.2) is 5.78 Å². The summed E-state index contributed by atoms with van der Waals surface area (Å²) < 4.78 is 0. The highest BCUT2D eigenvalue weighted by molar-refractivity contribution is 5.78. The molecule has 0 aliphatic heterocycles. The summed E-state index contributed by atoms with van der Waals surface area (Å²) in [6.07, 6.45) is 12.9. The van der Waals surface area contributed by atoms with Crippen molar-refractivity contribution < 1.29 is 4.79 Å². The maximum atomic E-state index is 11.7. The first kappa shape index (κ1) is 11.9. The minimum Gasteiger partial charge on any atom is -0.300 e. The van der Waals surface area contributed by atoms with Gasteiger partial charge in [0.15, 0.2) is 0 Å². The zero-order chi connectivity index (χ0) is 11.6. The van der Waals surface area contributed by atoms with Crippen LogP contribution in [0.3, 0.4) is 0 Å². The molecule has 0 bridgehead atoms. The molecule has 2 aliphatic rings. The molecule has 0 aromatic carbocycles. The van der Waals surface area contributed by atoms with Gasteiger partial charge in [0, 0.05) is 12.8 Å². The second kappa shape index (κ2) is 4.73. The third kappa shape index (κ3) is 2.09. The Balaban J connectivity index is 2.15. The summed E-state index contributed by atoms with van der Waals surface area (Å²) in [5, 5.41) is 0. The highest BCUT2D eigenvalue weighted by Gasteiger charge is 2.44. The van der Waals surface area contributed by atoms with Gasteiger partial charge in [-0.1, -0.05) is 38.8 Å². The van der Waals surface area contributed by atoms with Crippen molar-refractivity contribution in [2.24, 2.45) is 17.3 Å². The molecule has 0 amide bonds. The van der Waals surface area contributed by atoms with E-state index in [0.717, 1.165) is 6.42 Å². The number of allylic oxidation sites excluding steroid dienone is 2. The summed E-state index contributed by atoms with van der Waals surface area (Å²) in [5.41, 5.74) is 0.485. The van der Waals surface area contributed by atoms with Crippen LogP contribution in [0.2, 0.25) is 0 Å². The number of ketones is 1. The molecular formula is C15H24O. The maximum absolute atomic E-state index is 11.7. The van der Waals surface area contributed by atoms with Gasteiger partial charge in [0.05, 0.1) is 0 Å². The van der Waals surface area contributed by atoms with E-state index in [1.807, 2.05) is 6.92 Å². The van der Waals surface area contributed by atoms with Crippen LogP contribution >= 0.6 is 0 Å². The van der Waals surface area contributed by atoms with E-state index in [1.165, 1.54) is 32.1 Å². The Morgan fingerprint density at radius 3 is 2.69 bits per heavy atom. The predicted molar refractivity (Wildman–Crippen MR) is 67.2 cm³/mol. The average molecular weight is 220 g/mol. The molecule has 2 atom stereocenters. The van der Waals surface area contributed by atoms with Crippen molar-refractivity contribution in [3.63, 3.8) is 0 Å². The lowest BCUT2D eigenvalue weighted by atomic mass is 9.62. The number of Topliss-reactive ketones (excluding diaryl/α,β-unsaturated/α-hetero) is 1. The minimum absolute atomic E-state index is 0.457. The van der Waals surface area contributed by atoms with Crippen molar-refractivity contribution in [2.75, 3.05) is 0 Å². The fourth-order valence-corrected chi connectivity index (χ4v) is 3.81. The van der Waals surface area contributed by atoms with Crippen LogP contribution in [0.1, 0.15) is 58.8 Å². The van der Waals surface area contributed by atoms with Gasteiger partial charge in [0.1, 0.15) is 5.78 Å². The van der Waals surface area contributed by atoms with Crippen molar-refractivity contribution in [3.05, 3.63) is 12.2 Å². The monoisotopic (exact) mass is 220 g/mol. The number of carbonyl (C=O) groups is 1. The second-order valence-electron chi connectivity index (χ2n) is 5.76. The van der Waals surface area contributed by atoms with E-state index < -0.39 is 0 Å². The molecule has 0 saturated heterocycles. The Morgan fingerprint density at radius 1 is 1.38 bits per heavy atom. The maximum Gasteiger partial charge on any atom is 0.132 e. The molecule has 2 aliphatic carbocycles. The second-order valence-corrected chi connectivity index (χ2v) is 5.76. The fraction of sp³-hybridized carbons (Fsp3) is 0.800. The molecule has 1 saturated carbocycles.